The highest BCUT2D eigenvalue weighted by molar-refractivity contribution is 8.26. The Morgan fingerprint density at radius 1 is 0.750 bits per heavy atom. The first-order valence-electron chi connectivity index (χ1n) is 10.6. The highest BCUT2D eigenvalue weighted by Crippen LogP contribution is 2.49. The van der Waals surface area contributed by atoms with E-state index in [1.807, 2.05) is 0 Å². The summed E-state index contributed by atoms with van der Waals surface area (Å²) in [6.07, 6.45) is 2.11. The van der Waals surface area contributed by atoms with E-state index >= 15 is 0 Å². The van der Waals surface area contributed by atoms with E-state index in [4.69, 9.17) is 20.9 Å². The number of aliphatic carboxylic acids is 1. The van der Waals surface area contributed by atoms with Crippen molar-refractivity contribution in [3.8, 4) is 0 Å². The summed E-state index contributed by atoms with van der Waals surface area (Å²) in [6, 6.07) is 11.2. The van der Waals surface area contributed by atoms with Gasteiger partial charge in [0.05, 0.1) is 0 Å². The van der Waals surface area contributed by atoms with Crippen LogP contribution in [0.1, 0.15) is 36.8 Å². The highest BCUT2D eigenvalue weighted by atomic mass is 36.0. The molecule has 0 atom stereocenters. The van der Waals surface area contributed by atoms with Crippen molar-refractivity contribution in [3.05, 3.63) is 71.3 Å². The first kappa shape index (κ1) is 30.0. The molecule has 36 heavy (non-hydrogen) atoms. The average Bonchev–Trinajstić information content (AvgIpc) is 3.70. The van der Waals surface area contributed by atoms with Crippen molar-refractivity contribution >= 4 is 65.0 Å². The lowest BCUT2D eigenvalue weighted by atomic mass is 9.95. The summed E-state index contributed by atoms with van der Waals surface area (Å²) in [7, 11) is 7.36. The molecule has 0 radical (unpaired) electrons. The standard InChI is InChI=1S/C12H10ClFO2.C12H11FO3.Cl2OS/c13-11(16)12(5-6-12)10(15)7-8-1-3-9(14)4-2-8;13-9-3-1-8(2-4-9)7-10(14)12(5-6-12)11(15)16;1-4(2)3/h1-4H,5-7H2;1-4H,5-7H2,(H,15,16);. The van der Waals surface area contributed by atoms with E-state index in [0.717, 1.165) is 0 Å². The molecule has 4 rings (SSSR count). The van der Waals surface area contributed by atoms with E-state index in [1.54, 1.807) is 12.1 Å². The molecule has 0 unspecified atom stereocenters. The maximum absolute atomic E-state index is 12.6. The Hall–Kier alpha value is -2.20. The van der Waals surface area contributed by atoms with Gasteiger partial charge in [-0.05, 0) is 72.7 Å². The van der Waals surface area contributed by atoms with Crippen LogP contribution in [0.5, 0.6) is 0 Å². The molecule has 2 fully saturated rings. The minimum absolute atomic E-state index is 0.0621. The van der Waals surface area contributed by atoms with Crippen molar-refractivity contribution in [3.63, 3.8) is 0 Å². The number of Topliss-reactive ketones (excluding diaryl/α,β-unsaturated/α-hetero) is 2. The molecule has 1 N–H and O–H groups in total. The summed E-state index contributed by atoms with van der Waals surface area (Å²) in [5.41, 5.74) is -0.751. The van der Waals surface area contributed by atoms with E-state index in [1.165, 1.54) is 36.4 Å². The summed E-state index contributed by atoms with van der Waals surface area (Å²) >= 11 is 5.40. The number of benzene rings is 2. The fraction of sp³-hybridized carbons (Fsp3) is 0.333. The SMILES string of the molecule is O=C(Cl)C1(C(=O)Cc2ccc(F)cc2)CC1.O=C(O)C1(C(=O)Cc2ccc(F)cc2)CC1.O=S(Cl)Cl. The van der Waals surface area contributed by atoms with Crippen LogP contribution in [0.4, 0.5) is 8.78 Å². The zero-order valence-corrected chi connectivity index (χ0v) is 21.7. The van der Waals surface area contributed by atoms with Crippen LogP contribution in [0.15, 0.2) is 48.5 Å². The number of carbonyl (C=O) groups excluding carboxylic acids is 3. The average molecular weight is 582 g/mol. The molecule has 0 spiro atoms. The molecule has 6 nitrogen and oxygen atoms in total. The number of ketones is 2. The van der Waals surface area contributed by atoms with Gasteiger partial charge in [-0.3, -0.25) is 19.2 Å². The largest absolute Gasteiger partial charge is 0.480 e. The summed E-state index contributed by atoms with van der Waals surface area (Å²) in [5.74, 6) is -2.20. The summed E-state index contributed by atoms with van der Waals surface area (Å²) in [4.78, 5) is 45.6. The molecule has 2 aliphatic rings. The van der Waals surface area contributed by atoms with Gasteiger partial charge in [0.1, 0.15) is 22.5 Å². The zero-order valence-electron chi connectivity index (χ0n) is 18.6. The van der Waals surface area contributed by atoms with Gasteiger partial charge in [-0.2, -0.15) is 0 Å². The minimum atomic E-state index is -1.67. The van der Waals surface area contributed by atoms with Crippen LogP contribution in [-0.2, 0) is 41.2 Å². The Balaban J connectivity index is 0.000000221. The topological polar surface area (TPSA) is 106 Å². The third-order valence-corrected chi connectivity index (χ3v) is 6.27. The minimum Gasteiger partial charge on any atom is -0.480 e. The first-order chi connectivity index (χ1) is 16.8. The highest BCUT2D eigenvalue weighted by Gasteiger charge is 2.56. The second-order valence-electron chi connectivity index (χ2n) is 8.38. The number of rotatable bonds is 8. The van der Waals surface area contributed by atoms with E-state index in [-0.39, 0.29) is 36.0 Å². The summed E-state index contributed by atoms with van der Waals surface area (Å²) in [5, 5.41) is 8.35. The van der Waals surface area contributed by atoms with Crippen LogP contribution in [0, 0.1) is 22.5 Å². The third-order valence-electron chi connectivity index (χ3n) is 5.91. The molecule has 2 aromatic rings. The number of carboxylic acid groups (broad SMARTS) is 1. The maximum atomic E-state index is 12.6. The Kier molecular flexibility index (Phi) is 10.7. The Morgan fingerprint density at radius 2 is 1.06 bits per heavy atom. The monoisotopic (exact) mass is 580 g/mol. The summed E-state index contributed by atoms with van der Waals surface area (Å²) < 4.78 is 34.3. The van der Waals surface area contributed by atoms with E-state index in [0.29, 0.717) is 36.8 Å². The second kappa shape index (κ2) is 12.9. The van der Waals surface area contributed by atoms with Gasteiger partial charge < -0.3 is 5.11 Å². The van der Waals surface area contributed by atoms with Crippen molar-refractivity contribution < 1.29 is 37.3 Å². The molecule has 2 aliphatic carbocycles. The quantitative estimate of drug-likeness (QED) is 0.334. The molecule has 0 bridgehead atoms. The predicted octanol–water partition coefficient (Wildman–Crippen LogP) is 5.33. The van der Waals surface area contributed by atoms with E-state index in [2.05, 4.69) is 21.4 Å². The molecule has 0 aromatic heterocycles. The lowest BCUT2D eigenvalue weighted by molar-refractivity contribution is -0.148. The number of carboxylic acids is 1. The molecule has 12 heteroatoms. The maximum Gasteiger partial charge on any atom is 0.317 e. The smallest absolute Gasteiger partial charge is 0.317 e. The van der Waals surface area contributed by atoms with Crippen LogP contribution in [0.3, 0.4) is 0 Å². The van der Waals surface area contributed by atoms with Crippen molar-refractivity contribution in [2.45, 2.75) is 38.5 Å². The second-order valence-corrected chi connectivity index (χ2v) is 11.2. The van der Waals surface area contributed by atoms with Crippen LogP contribution in [-0.4, -0.2) is 32.1 Å². The lowest BCUT2D eigenvalue weighted by Gasteiger charge is -2.08. The molecular formula is C24H21Cl3F2O6S. The molecule has 0 heterocycles. The molecule has 2 saturated carbocycles. The van der Waals surface area contributed by atoms with Gasteiger partial charge in [0.15, 0.2) is 11.6 Å². The van der Waals surface area contributed by atoms with Gasteiger partial charge in [0.25, 0.3) is 0 Å². The van der Waals surface area contributed by atoms with Crippen molar-refractivity contribution in [1.29, 1.82) is 0 Å². The van der Waals surface area contributed by atoms with Crippen molar-refractivity contribution in [2.24, 2.45) is 10.8 Å². The normalized spacial score (nSPS) is 15.9. The zero-order chi connectivity index (χ0) is 27.1. The van der Waals surface area contributed by atoms with Gasteiger partial charge in [-0.1, -0.05) is 24.3 Å². The van der Waals surface area contributed by atoms with Gasteiger partial charge >= 0.3 is 5.97 Å². The van der Waals surface area contributed by atoms with Gasteiger partial charge in [0, 0.05) is 34.2 Å². The van der Waals surface area contributed by atoms with Crippen LogP contribution < -0.4 is 0 Å². The van der Waals surface area contributed by atoms with E-state index < -0.39 is 31.3 Å². The molecule has 0 saturated heterocycles. The van der Waals surface area contributed by atoms with Crippen molar-refractivity contribution in [1.82, 2.24) is 0 Å². The van der Waals surface area contributed by atoms with Crippen LogP contribution in [0.2, 0.25) is 0 Å². The van der Waals surface area contributed by atoms with Gasteiger partial charge in [-0.25, -0.2) is 13.0 Å². The lowest BCUT2D eigenvalue weighted by Crippen LogP contribution is -2.26. The van der Waals surface area contributed by atoms with E-state index in [9.17, 15) is 28.0 Å². The Labute approximate surface area is 222 Å². The van der Waals surface area contributed by atoms with Crippen molar-refractivity contribution in [2.75, 3.05) is 0 Å². The molecule has 0 amide bonds. The Bertz CT molecular complexity index is 1060. The molecule has 0 aliphatic heterocycles. The Morgan fingerprint density at radius 3 is 1.31 bits per heavy atom. The fourth-order valence-electron chi connectivity index (χ4n) is 3.36. The summed E-state index contributed by atoms with van der Waals surface area (Å²) in [6.45, 7) is 0. The number of hydrogen-bond acceptors (Lipinski definition) is 5. The van der Waals surface area contributed by atoms with Crippen LogP contribution in [0.25, 0.3) is 0 Å². The third kappa shape index (κ3) is 8.44. The molecule has 194 valence electrons. The molecule has 2 aromatic carbocycles. The predicted molar refractivity (Wildman–Crippen MR) is 132 cm³/mol. The number of hydrogen-bond donors (Lipinski definition) is 1. The van der Waals surface area contributed by atoms with Gasteiger partial charge in [0.2, 0.25) is 14.5 Å². The first-order valence-corrected chi connectivity index (χ1v) is 13.7. The van der Waals surface area contributed by atoms with Gasteiger partial charge in [-0.15, -0.1) is 0 Å². The number of halogens is 5. The number of carbonyl (C=O) groups is 4. The fourth-order valence-corrected chi connectivity index (χ4v) is 3.66. The molecular weight excluding hydrogens is 561 g/mol. The van der Waals surface area contributed by atoms with Crippen LogP contribution >= 0.6 is 33.0 Å².